The molecule has 1 saturated carbocycles. The molecule has 8 nitrogen and oxygen atoms in total. The maximum absolute atomic E-state index is 12.2. The van der Waals surface area contributed by atoms with Crippen molar-refractivity contribution < 1.29 is 14.0 Å². The van der Waals surface area contributed by atoms with Crippen molar-refractivity contribution in [2.45, 2.75) is 44.6 Å². The van der Waals surface area contributed by atoms with Crippen molar-refractivity contribution in [2.75, 3.05) is 5.32 Å². The molecule has 0 aliphatic heterocycles. The van der Waals surface area contributed by atoms with Crippen molar-refractivity contribution in [3.05, 3.63) is 54.0 Å². The summed E-state index contributed by atoms with van der Waals surface area (Å²) in [5.41, 5.74) is 1.81. The number of nitrogens with zero attached hydrogens (tertiary/aromatic N) is 2. The first-order valence-corrected chi connectivity index (χ1v) is 9.69. The fourth-order valence-electron chi connectivity index (χ4n) is 3.46. The molecule has 1 aliphatic carbocycles. The second-order valence-electron chi connectivity index (χ2n) is 7.32. The van der Waals surface area contributed by atoms with Gasteiger partial charge >= 0.3 is 0 Å². The molecule has 0 atom stereocenters. The summed E-state index contributed by atoms with van der Waals surface area (Å²) in [6.07, 6.45) is 4.14. The first-order valence-electron chi connectivity index (χ1n) is 9.69. The van der Waals surface area contributed by atoms with E-state index in [1.807, 2.05) is 36.4 Å². The normalized spacial score (nSPS) is 18.1. The van der Waals surface area contributed by atoms with Crippen LogP contribution in [-0.2, 0) is 16.0 Å². The molecule has 29 heavy (non-hydrogen) atoms. The lowest BCUT2D eigenvalue weighted by Gasteiger charge is -2.34. The van der Waals surface area contributed by atoms with E-state index in [1.54, 1.807) is 6.20 Å². The zero-order chi connectivity index (χ0) is 20.2. The average Bonchev–Trinajstić information content (AvgIpc) is 3.33. The molecule has 3 N–H and O–H groups in total. The minimum Gasteiger partial charge on any atom is -0.441 e. The molecule has 1 fully saturated rings. The third-order valence-electron chi connectivity index (χ3n) is 5.01. The van der Waals surface area contributed by atoms with Gasteiger partial charge in [-0.2, -0.15) is 5.10 Å². The Morgan fingerprint density at radius 3 is 2.79 bits per heavy atom. The van der Waals surface area contributed by atoms with Crippen molar-refractivity contribution in [3.63, 3.8) is 0 Å². The number of hydrogen-bond donors (Lipinski definition) is 3. The minimum absolute atomic E-state index is 0.00826. The summed E-state index contributed by atoms with van der Waals surface area (Å²) in [5, 5.41) is 12.9. The Labute approximate surface area is 168 Å². The number of oxazole rings is 1. The van der Waals surface area contributed by atoms with Crippen molar-refractivity contribution >= 4 is 17.6 Å². The van der Waals surface area contributed by atoms with Crippen LogP contribution in [0.4, 0.5) is 5.82 Å². The molecule has 150 valence electrons. The van der Waals surface area contributed by atoms with Crippen LogP contribution in [0.15, 0.2) is 47.0 Å². The second kappa shape index (κ2) is 8.30. The van der Waals surface area contributed by atoms with Gasteiger partial charge in [0.05, 0.1) is 11.9 Å². The van der Waals surface area contributed by atoms with Gasteiger partial charge in [-0.3, -0.25) is 14.7 Å². The van der Waals surface area contributed by atoms with Gasteiger partial charge in [-0.25, -0.2) is 4.98 Å². The van der Waals surface area contributed by atoms with Crippen molar-refractivity contribution in [1.29, 1.82) is 0 Å². The Bertz CT molecular complexity index is 989. The summed E-state index contributed by atoms with van der Waals surface area (Å²) in [5.74, 6) is 1.98. The van der Waals surface area contributed by atoms with E-state index in [4.69, 9.17) is 4.42 Å². The number of rotatable bonds is 7. The molecule has 0 saturated heterocycles. The van der Waals surface area contributed by atoms with Crippen LogP contribution >= 0.6 is 0 Å². The molecular formula is C21H23N5O3. The van der Waals surface area contributed by atoms with Gasteiger partial charge < -0.3 is 15.1 Å². The van der Waals surface area contributed by atoms with Gasteiger partial charge in [0.2, 0.25) is 17.7 Å². The number of hydrogen-bond acceptors (Lipinski definition) is 5. The van der Waals surface area contributed by atoms with Crippen molar-refractivity contribution in [3.8, 4) is 11.5 Å². The number of carbonyl (C=O) groups is 2. The van der Waals surface area contributed by atoms with Gasteiger partial charge in [0.25, 0.3) is 0 Å². The van der Waals surface area contributed by atoms with Crippen molar-refractivity contribution in [2.24, 2.45) is 0 Å². The highest BCUT2D eigenvalue weighted by atomic mass is 16.4. The Balaban J connectivity index is 1.24. The molecule has 2 amide bonds. The highest BCUT2D eigenvalue weighted by molar-refractivity contribution is 5.89. The summed E-state index contributed by atoms with van der Waals surface area (Å²) < 4.78 is 5.72. The molecule has 2 aromatic heterocycles. The molecule has 8 heteroatoms. The Morgan fingerprint density at radius 2 is 2.03 bits per heavy atom. The summed E-state index contributed by atoms with van der Waals surface area (Å²) in [4.78, 5) is 27.6. The lowest BCUT2D eigenvalue weighted by Crippen LogP contribution is -2.42. The van der Waals surface area contributed by atoms with E-state index in [1.165, 1.54) is 6.92 Å². The molecular weight excluding hydrogens is 370 g/mol. The molecule has 4 rings (SSSR count). The van der Waals surface area contributed by atoms with E-state index >= 15 is 0 Å². The number of H-pyrrole nitrogens is 1. The number of nitrogens with one attached hydrogen (secondary N) is 3. The number of aromatic nitrogens is 3. The van der Waals surface area contributed by atoms with E-state index in [-0.39, 0.29) is 24.3 Å². The second-order valence-corrected chi connectivity index (χ2v) is 7.32. The molecule has 1 aromatic carbocycles. The molecule has 2 heterocycles. The quantitative estimate of drug-likeness (QED) is 0.571. The smallest absolute Gasteiger partial charge is 0.226 e. The minimum atomic E-state index is -0.123. The van der Waals surface area contributed by atoms with Gasteiger partial charge in [-0.05, 0) is 25.0 Å². The zero-order valence-electron chi connectivity index (χ0n) is 16.1. The van der Waals surface area contributed by atoms with Gasteiger partial charge in [0.15, 0.2) is 0 Å². The van der Waals surface area contributed by atoms with E-state index in [0.717, 1.165) is 24.1 Å². The number of aromatic amines is 1. The zero-order valence-corrected chi connectivity index (χ0v) is 16.1. The van der Waals surface area contributed by atoms with Crippen LogP contribution in [0.5, 0.6) is 0 Å². The Hall–Kier alpha value is -3.42. The fourth-order valence-corrected chi connectivity index (χ4v) is 3.46. The van der Waals surface area contributed by atoms with Crippen LogP contribution in [0.3, 0.4) is 0 Å². The number of aryl methyl sites for hydroxylation is 1. The van der Waals surface area contributed by atoms with Crippen molar-refractivity contribution in [1.82, 2.24) is 20.5 Å². The van der Waals surface area contributed by atoms with Crippen LogP contribution < -0.4 is 10.6 Å². The lowest BCUT2D eigenvalue weighted by atomic mass is 9.78. The largest absolute Gasteiger partial charge is 0.441 e. The first kappa shape index (κ1) is 18.9. The lowest BCUT2D eigenvalue weighted by molar-refractivity contribution is -0.120. The van der Waals surface area contributed by atoms with Crippen LogP contribution in [-0.4, -0.2) is 33.0 Å². The molecule has 0 radical (unpaired) electrons. The third kappa shape index (κ3) is 4.71. The Morgan fingerprint density at radius 1 is 1.24 bits per heavy atom. The van der Waals surface area contributed by atoms with Gasteiger partial charge in [0, 0.05) is 43.4 Å². The third-order valence-corrected chi connectivity index (χ3v) is 5.01. The highest BCUT2D eigenvalue weighted by Crippen LogP contribution is 2.36. The predicted molar refractivity (Wildman–Crippen MR) is 107 cm³/mol. The monoisotopic (exact) mass is 393 g/mol. The summed E-state index contributed by atoms with van der Waals surface area (Å²) in [7, 11) is 0. The topological polar surface area (TPSA) is 113 Å². The average molecular weight is 393 g/mol. The molecule has 0 spiro atoms. The maximum atomic E-state index is 12.2. The van der Waals surface area contributed by atoms with Crippen LogP contribution in [0.2, 0.25) is 0 Å². The van der Waals surface area contributed by atoms with E-state index in [9.17, 15) is 9.59 Å². The van der Waals surface area contributed by atoms with E-state index < -0.39 is 0 Å². The highest BCUT2D eigenvalue weighted by Gasteiger charge is 2.32. The van der Waals surface area contributed by atoms with Crippen LogP contribution in [0.1, 0.15) is 43.6 Å². The standard InChI is InChI=1S/C21H23N5O3/c1-13(27)23-16-9-15(10-16)18-11-19(26-25-18)24-20(28)8-7-17-12-22-21(29-17)14-5-3-2-4-6-14/h2-6,11-12,15-16H,7-10H2,1H3,(H,23,27)(H2,24,25,26,28)/t15-,16+. The number of benzene rings is 1. The van der Waals surface area contributed by atoms with Crippen LogP contribution in [0.25, 0.3) is 11.5 Å². The predicted octanol–water partition coefficient (Wildman–Crippen LogP) is 3.02. The number of carbonyl (C=O) groups excluding carboxylic acids is 2. The van der Waals surface area contributed by atoms with E-state index in [0.29, 0.717) is 29.8 Å². The SMILES string of the molecule is CC(=O)N[C@H]1C[C@@H](c2cc(NC(=O)CCc3cnc(-c4ccccc4)o3)[nH]n2)C1. The molecule has 3 aromatic rings. The summed E-state index contributed by atoms with van der Waals surface area (Å²) in [6, 6.07) is 11.7. The maximum Gasteiger partial charge on any atom is 0.226 e. The van der Waals surface area contributed by atoms with Gasteiger partial charge in [-0.1, -0.05) is 18.2 Å². The summed E-state index contributed by atoms with van der Waals surface area (Å²) >= 11 is 0. The number of amides is 2. The summed E-state index contributed by atoms with van der Waals surface area (Å²) in [6.45, 7) is 1.52. The Kier molecular flexibility index (Phi) is 5.41. The van der Waals surface area contributed by atoms with Gasteiger partial charge in [-0.15, -0.1) is 0 Å². The number of anilines is 1. The molecule has 1 aliphatic rings. The van der Waals surface area contributed by atoms with Crippen LogP contribution in [0, 0.1) is 0 Å². The van der Waals surface area contributed by atoms with Gasteiger partial charge in [0.1, 0.15) is 11.6 Å². The molecule has 0 unspecified atom stereocenters. The molecule has 0 bridgehead atoms. The van der Waals surface area contributed by atoms with E-state index in [2.05, 4.69) is 25.8 Å². The first-order chi connectivity index (χ1) is 14.1. The fraction of sp³-hybridized carbons (Fsp3) is 0.333.